The van der Waals surface area contributed by atoms with Gasteiger partial charge in [-0.2, -0.15) is 0 Å². The fourth-order valence-electron chi connectivity index (χ4n) is 1.48. The van der Waals surface area contributed by atoms with E-state index in [1.807, 2.05) is 24.4 Å². The summed E-state index contributed by atoms with van der Waals surface area (Å²) < 4.78 is 0. The molecule has 1 unspecified atom stereocenters. The van der Waals surface area contributed by atoms with Crippen molar-refractivity contribution in [3.8, 4) is 12.3 Å². The van der Waals surface area contributed by atoms with Crippen molar-refractivity contribution in [2.75, 3.05) is 6.54 Å². The number of thiophene rings is 1. The average Bonchev–Trinajstić information content (AvgIpc) is 2.87. The van der Waals surface area contributed by atoms with Crippen LogP contribution < -0.4 is 5.32 Å². The van der Waals surface area contributed by atoms with E-state index in [1.54, 1.807) is 11.3 Å². The predicted molar refractivity (Wildman–Crippen MR) is 73.8 cm³/mol. The zero-order valence-corrected chi connectivity index (χ0v) is 11.4. The highest BCUT2D eigenvalue weighted by molar-refractivity contribution is 7.09. The van der Waals surface area contributed by atoms with Crippen molar-refractivity contribution in [2.24, 2.45) is 0 Å². The van der Waals surface area contributed by atoms with Crippen LogP contribution in [0.1, 0.15) is 18.2 Å². The van der Waals surface area contributed by atoms with E-state index in [1.165, 1.54) is 4.90 Å². The summed E-state index contributed by atoms with van der Waals surface area (Å²) in [5.41, 5.74) is 0. The lowest BCUT2D eigenvalue weighted by Gasteiger charge is -2.22. The molecule has 0 fully saturated rings. The Morgan fingerprint density at radius 2 is 2.37 bits per heavy atom. The molecular formula is C13H16N2O3S. The molecule has 1 rings (SSSR count). The third kappa shape index (κ3) is 4.64. The molecule has 0 aromatic carbocycles. The maximum atomic E-state index is 12.0. The third-order valence-corrected chi connectivity index (χ3v) is 3.37. The highest BCUT2D eigenvalue weighted by Crippen LogP contribution is 2.11. The van der Waals surface area contributed by atoms with Crippen molar-refractivity contribution < 1.29 is 14.7 Å². The Hall–Kier alpha value is -2.00. The summed E-state index contributed by atoms with van der Waals surface area (Å²) >= 11 is 1.55. The van der Waals surface area contributed by atoms with Crippen LogP contribution in [0.15, 0.2) is 17.5 Å². The van der Waals surface area contributed by atoms with Gasteiger partial charge in [-0.05, 0) is 18.4 Å². The second kappa shape index (κ2) is 7.44. The van der Waals surface area contributed by atoms with Gasteiger partial charge in [0.1, 0.15) is 6.04 Å². The Kier molecular flexibility index (Phi) is 5.90. The molecule has 0 saturated heterocycles. The van der Waals surface area contributed by atoms with E-state index < -0.39 is 18.0 Å². The number of hydrogen-bond acceptors (Lipinski definition) is 3. The Bertz CT molecular complexity index is 465. The minimum Gasteiger partial charge on any atom is -0.480 e. The zero-order valence-electron chi connectivity index (χ0n) is 10.6. The first kappa shape index (κ1) is 15.1. The number of amides is 2. The van der Waals surface area contributed by atoms with Gasteiger partial charge in [0.25, 0.3) is 0 Å². The Labute approximate surface area is 116 Å². The molecule has 0 aliphatic rings. The molecule has 1 atom stereocenters. The monoisotopic (exact) mass is 280 g/mol. The normalized spacial score (nSPS) is 11.4. The van der Waals surface area contributed by atoms with E-state index in [2.05, 4.69) is 11.2 Å². The molecule has 0 bridgehead atoms. The molecule has 0 radical (unpaired) electrons. The van der Waals surface area contributed by atoms with Crippen molar-refractivity contribution >= 4 is 23.3 Å². The predicted octanol–water partition coefficient (Wildman–Crippen LogP) is 1.76. The number of carboxylic acid groups (broad SMARTS) is 1. The lowest BCUT2D eigenvalue weighted by molar-refractivity contribution is -0.139. The highest BCUT2D eigenvalue weighted by atomic mass is 32.1. The van der Waals surface area contributed by atoms with Crippen LogP contribution in [0, 0.1) is 12.3 Å². The molecule has 6 heteroatoms. The van der Waals surface area contributed by atoms with Crippen molar-refractivity contribution in [2.45, 2.75) is 25.9 Å². The van der Waals surface area contributed by atoms with Crippen LogP contribution in [-0.2, 0) is 11.3 Å². The van der Waals surface area contributed by atoms with Crippen molar-refractivity contribution in [3.05, 3.63) is 22.4 Å². The van der Waals surface area contributed by atoms with E-state index in [0.29, 0.717) is 13.1 Å². The van der Waals surface area contributed by atoms with Gasteiger partial charge in [0.2, 0.25) is 0 Å². The fourth-order valence-corrected chi connectivity index (χ4v) is 2.20. The number of terminal acetylenes is 1. The third-order valence-electron chi connectivity index (χ3n) is 2.51. The molecule has 0 saturated carbocycles. The SMILES string of the molecule is C#CCC(NC(=O)N(CC)Cc1cccs1)C(=O)O. The van der Waals surface area contributed by atoms with Gasteiger partial charge in [0.05, 0.1) is 6.54 Å². The number of hydrogen-bond donors (Lipinski definition) is 2. The van der Waals surface area contributed by atoms with Crippen LogP contribution in [-0.4, -0.2) is 34.6 Å². The minimum atomic E-state index is -1.13. The molecule has 102 valence electrons. The summed E-state index contributed by atoms with van der Waals surface area (Å²) in [6.45, 7) is 2.79. The lowest BCUT2D eigenvalue weighted by atomic mass is 10.2. The molecule has 5 nitrogen and oxygen atoms in total. The molecule has 1 heterocycles. The van der Waals surface area contributed by atoms with Crippen LogP contribution in [0.5, 0.6) is 0 Å². The number of nitrogens with zero attached hydrogens (tertiary/aromatic N) is 1. The smallest absolute Gasteiger partial charge is 0.327 e. The van der Waals surface area contributed by atoms with Crippen LogP contribution in [0.4, 0.5) is 4.79 Å². The molecule has 19 heavy (non-hydrogen) atoms. The topological polar surface area (TPSA) is 69.6 Å². The fraction of sp³-hybridized carbons (Fsp3) is 0.385. The number of aliphatic carboxylic acids is 1. The highest BCUT2D eigenvalue weighted by Gasteiger charge is 2.21. The number of nitrogens with one attached hydrogen (secondary N) is 1. The minimum absolute atomic E-state index is 0.0301. The summed E-state index contributed by atoms with van der Waals surface area (Å²) in [5, 5.41) is 13.3. The van der Waals surface area contributed by atoms with Gasteiger partial charge < -0.3 is 15.3 Å². The Balaban J connectivity index is 2.63. The van der Waals surface area contributed by atoms with Gasteiger partial charge in [0.15, 0.2) is 0 Å². The first-order chi connectivity index (χ1) is 9.08. The number of carbonyl (C=O) groups is 2. The first-order valence-corrected chi connectivity index (χ1v) is 6.70. The van der Waals surface area contributed by atoms with Gasteiger partial charge in [-0.3, -0.25) is 0 Å². The number of rotatable bonds is 6. The van der Waals surface area contributed by atoms with E-state index in [4.69, 9.17) is 11.5 Å². The average molecular weight is 280 g/mol. The molecule has 0 aliphatic heterocycles. The second-order valence-corrected chi connectivity index (χ2v) is 4.87. The first-order valence-electron chi connectivity index (χ1n) is 5.82. The van der Waals surface area contributed by atoms with Crippen molar-refractivity contribution in [1.82, 2.24) is 10.2 Å². The number of carbonyl (C=O) groups excluding carboxylic acids is 1. The summed E-state index contributed by atoms with van der Waals surface area (Å²) in [5.74, 6) is 1.12. The lowest BCUT2D eigenvalue weighted by Crippen LogP contribution is -2.47. The Morgan fingerprint density at radius 3 is 2.84 bits per heavy atom. The van der Waals surface area contributed by atoms with Gasteiger partial charge in [0, 0.05) is 17.8 Å². The summed E-state index contributed by atoms with van der Waals surface area (Å²) in [6.07, 6.45) is 5.05. The molecule has 1 aromatic heterocycles. The maximum absolute atomic E-state index is 12.0. The van der Waals surface area contributed by atoms with Crippen LogP contribution in [0.3, 0.4) is 0 Å². The van der Waals surface area contributed by atoms with Crippen LogP contribution >= 0.6 is 11.3 Å². The van der Waals surface area contributed by atoms with Crippen LogP contribution in [0.2, 0.25) is 0 Å². The van der Waals surface area contributed by atoms with Crippen LogP contribution in [0.25, 0.3) is 0 Å². The molecule has 2 amide bonds. The van der Waals surface area contributed by atoms with Gasteiger partial charge in [-0.15, -0.1) is 23.7 Å². The van der Waals surface area contributed by atoms with E-state index in [9.17, 15) is 9.59 Å². The Morgan fingerprint density at radius 1 is 1.63 bits per heavy atom. The molecule has 0 aliphatic carbocycles. The summed E-state index contributed by atoms with van der Waals surface area (Å²) in [4.78, 5) is 25.5. The van der Waals surface area contributed by atoms with E-state index in [-0.39, 0.29) is 6.42 Å². The van der Waals surface area contributed by atoms with Gasteiger partial charge >= 0.3 is 12.0 Å². The molecule has 1 aromatic rings. The molecule has 0 spiro atoms. The quantitative estimate of drug-likeness (QED) is 0.780. The van der Waals surface area contributed by atoms with Crippen molar-refractivity contribution in [3.63, 3.8) is 0 Å². The zero-order chi connectivity index (χ0) is 14.3. The number of urea groups is 1. The van der Waals surface area contributed by atoms with Gasteiger partial charge in [-0.1, -0.05) is 6.07 Å². The van der Waals surface area contributed by atoms with E-state index >= 15 is 0 Å². The summed E-state index contributed by atoms with van der Waals surface area (Å²) in [7, 11) is 0. The van der Waals surface area contributed by atoms with Crippen molar-refractivity contribution in [1.29, 1.82) is 0 Å². The largest absolute Gasteiger partial charge is 0.480 e. The standard InChI is InChI=1S/C13H16N2O3S/c1-3-6-11(12(16)17)14-13(18)15(4-2)9-10-7-5-8-19-10/h1,5,7-8,11H,4,6,9H2,2H3,(H,14,18)(H,16,17). The second-order valence-electron chi connectivity index (χ2n) is 3.84. The number of carboxylic acids is 1. The van der Waals surface area contributed by atoms with Gasteiger partial charge in [-0.25, -0.2) is 9.59 Å². The maximum Gasteiger partial charge on any atom is 0.327 e. The molecular weight excluding hydrogens is 264 g/mol. The van der Waals surface area contributed by atoms with E-state index in [0.717, 1.165) is 4.88 Å². The molecule has 2 N–H and O–H groups in total. The summed E-state index contributed by atoms with van der Waals surface area (Å²) in [6, 6.07) is 2.37.